The first-order chi connectivity index (χ1) is 8.18. The normalized spacial score (nSPS) is 19.5. The zero-order valence-electron chi connectivity index (χ0n) is 11.2. The molecule has 1 N–H and O–H groups in total. The van der Waals surface area contributed by atoms with Gasteiger partial charge in [0.2, 0.25) is 0 Å². The van der Waals surface area contributed by atoms with E-state index in [1.54, 1.807) is 0 Å². The van der Waals surface area contributed by atoms with Crippen molar-refractivity contribution < 1.29 is 0 Å². The molecule has 94 valence electrons. The van der Waals surface area contributed by atoms with Crippen LogP contribution in [-0.4, -0.2) is 31.1 Å². The number of nitrogens with zero attached hydrogens (tertiary/aromatic N) is 1. The lowest BCUT2D eigenvalue weighted by molar-refractivity contribution is 0.137. The Bertz CT molecular complexity index is 354. The fourth-order valence-corrected chi connectivity index (χ4v) is 2.83. The predicted octanol–water partition coefficient (Wildman–Crippen LogP) is 2.60. The van der Waals surface area contributed by atoms with Gasteiger partial charge in [-0.1, -0.05) is 43.7 Å². The minimum Gasteiger partial charge on any atom is -0.314 e. The predicted molar refractivity (Wildman–Crippen MR) is 73.2 cm³/mol. The Labute approximate surface area is 105 Å². The first-order valence-corrected chi connectivity index (χ1v) is 6.70. The van der Waals surface area contributed by atoms with Crippen LogP contribution in [0, 0.1) is 12.8 Å². The average molecular weight is 232 g/mol. The maximum Gasteiger partial charge on any atom is 0.0372 e. The fraction of sp³-hybridized carbons (Fsp3) is 0.600. The quantitative estimate of drug-likeness (QED) is 0.862. The highest BCUT2D eigenvalue weighted by atomic mass is 15.2. The van der Waals surface area contributed by atoms with Gasteiger partial charge in [0.25, 0.3) is 0 Å². The largest absolute Gasteiger partial charge is 0.314 e. The molecule has 0 radical (unpaired) electrons. The third kappa shape index (κ3) is 3.08. The van der Waals surface area contributed by atoms with E-state index in [0.29, 0.717) is 12.0 Å². The summed E-state index contributed by atoms with van der Waals surface area (Å²) in [6.07, 6.45) is 0. The number of aryl methyl sites for hydroxylation is 1. The smallest absolute Gasteiger partial charge is 0.0372 e. The SMILES string of the molecule is Cc1cccc(C(C(C)C)N2CCNCC2)c1. The molecule has 0 aliphatic carbocycles. The Kier molecular flexibility index (Phi) is 4.19. The molecular formula is C15H24N2. The maximum atomic E-state index is 3.43. The second-order valence-electron chi connectivity index (χ2n) is 5.39. The summed E-state index contributed by atoms with van der Waals surface area (Å²) in [5, 5.41) is 3.43. The van der Waals surface area contributed by atoms with Crippen molar-refractivity contribution >= 4 is 0 Å². The molecule has 1 aromatic rings. The highest BCUT2D eigenvalue weighted by Gasteiger charge is 2.24. The third-order valence-electron chi connectivity index (χ3n) is 3.56. The molecule has 1 unspecified atom stereocenters. The topological polar surface area (TPSA) is 15.3 Å². The number of rotatable bonds is 3. The van der Waals surface area contributed by atoms with Crippen molar-refractivity contribution in [3.05, 3.63) is 35.4 Å². The molecule has 1 saturated heterocycles. The van der Waals surface area contributed by atoms with E-state index in [0.717, 1.165) is 26.2 Å². The molecule has 0 bridgehead atoms. The summed E-state index contributed by atoms with van der Waals surface area (Å²) in [5.74, 6) is 0.662. The van der Waals surface area contributed by atoms with E-state index in [1.807, 2.05) is 0 Å². The van der Waals surface area contributed by atoms with E-state index in [9.17, 15) is 0 Å². The van der Waals surface area contributed by atoms with Crippen LogP contribution in [0.4, 0.5) is 0 Å². The lowest BCUT2D eigenvalue weighted by Crippen LogP contribution is -2.46. The van der Waals surface area contributed by atoms with Crippen molar-refractivity contribution in [3.8, 4) is 0 Å². The minimum atomic E-state index is 0.567. The van der Waals surface area contributed by atoms with Gasteiger partial charge in [0.1, 0.15) is 0 Å². The van der Waals surface area contributed by atoms with Crippen molar-refractivity contribution in [2.24, 2.45) is 5.92 Å². The van der Waals surface area contributed by atoms with Crippen molar-refractivity contribution in [3.63, 3.8) is 0 Å². The van der Waals surface area contributed by atoms with Crippen LogP contribution >= 0.6 is 0 Å². The second kappa shape index (κ2) is 5.65. The van der Waals surface area contributed by atoms with Crippen LogP contribution in [0.3, 0.4) is 0 Å². The van der Waals surface area contributed by atoms with Gasteiger partial charge in [-0.15, -0.1) is 0 Å². The zero-order valence-corrected chi connectivity index (χ0v) is 11.2. The second-order valence-corrected chi connectivity index (χ2v) is 5.39. The van der Waals surface area contributed by atoms with Crippen LogP contribution < -0.4 is 5.32 Å². The lowest BCUT2D eigenvalue weighted by atomic mass is 9.93. The van der Waals surface area contributed by atoms with Crippen LogP contribution in [0.5, 0.6) is 0 Å². The number of hydrogen-bond donors (Lipinski definition) is 1. The standard InChI is InChI=1S/C15H24N2/c1-12(2)15(17-9-7-16-8-10-17)14-6-4-5-13(3)11-14/h4-6,11-12,15-16H,7-10H2,1-3H3. The summed E-state index contributed by atoms with van der Waals surface area (Å²) >= 11 is 0. The van der Waals surface area contributed by atoms with Gasteiger partial charge in [-0.3, -0.25) is 4.90 Å². The van der Waals surface area contributed by atoms with Crippen LogP contribution in [0.25, 0.3) is 0 Å². The number of hydrogen-bond acceptors (Lipinski definition) is 2. The number of piperazine rings is 1. The van der Waals surface area contributed by atoms with Crippen LogP contribution in [0.2, 0.25) is 0 Å². The van der Waals surface area contributed by atoms with E-state index < -0.39 is 0 Å². The molecule has 0 saturated carbocycles. The monoisotopic (exact) mass is 232 g/mol. The third-order valence-corrected chi connectivity index (χ3v) is 3.56. The highest BCUT2D eigenvalue weighted by molar-refractivity contribution is 5.25. The lowest BCUT2D eigenvalue weighted by Gasteiger charge is -2.37. The van der Waals surface area contributed by atoms with Crippen LogP contribution in [-0.2, 0) is 0 Å². The Morgan fingerprint density at radius 3 is 2.47 bits per heavy atom. The Balaban J connectivity index is 2.21. The molecule has 1 fully saturated rings. The Hall–Kier alpha value is -0.860. The summed E-state index contributed by atoms with van der Waals surface area (Å²) in [6.45, 7) is 11.4. The van der Waals surface area contributed by atoms with Gasteiger partial charge in [0.05, 0.1) is 0 Å². The Morgan fingerprint density at radius 2 is 1.88 bits per heavy atom. The van der Waals surface area contributed by atoms with E-state index in [4.69, 9.17) is 0 Å². The number of benzene rings is 1. The van der Waals surface area contributed by atoms with Crippen LogP contribution in [0.15, 0.2) is 24.3 Å². The van der Waals surface area contributed by atoms with Gasteiger partial charge in [-0.05, 0) is 18.4 Å². The van der Waals surface area contributed by atoms with E-state index in [2.05, 4.69) is 55.3 Å². The molecule has 1 aromatic carbocycles. The molecule has 1 heterocycles. The van der Waals surface area contributed by atoms with Crippen LogP contribution in [0.1, 0.15) is 31.0 Å². The molecule has 1 aliphatic rings. The van der Waals surface area contributed by atoms with Gasteiger partial charge in [0, 0.05) is 32.2 Å². The van der Waals surface area contributed by atoms with Gasteiger partial charge < -0.3 is 5.32 Å². The van der Waals surface area contributed by atoms with E-state index >= 15 is 0 Å². The molecule has 2 nitrogen and oxygen atoms in total. The van der Waals surface area contributed by atoms with Crippen molar-refractivity contribution in [2.45, 2.75) is 26.8 Å². The van der Waals surface area contributed by atoms with Gasteiger partial charge in [-0.2, -0.15) is 0 Å². The highest BCUT2D eigenvalue weighted by Crippen LogP contribution is 2.29. The summed E-state index contributed by atoms with van der Waals surface area (Å²) in [6, 6.07) is 9.55. The molecule has 0 amide bonds. The first kappa shape index (κ1) is 12.6. The molecule has 0 spiro atoms. The molecule has 1 atom stereocenters. The number of nitrogens with one attached hydrogen (secondary N) is 1. The van der Waals surface area contributed by atoms with Gasteiger partial charge >= 0.3 is 0 Å². The molecular weight excluding hydrogens is 208 g/mol. The zero-order chi connectivity index (χ0) is 12.3. The average Bonchev–Trinajstić information content (AvgIpc) is 2.30. The first-order valence-electron chi connectivity index (χ1n) is 6.70. The molecule has 17 heavy (non-hydrogen) atoms. The summed E-state index contributed by atoms with van der Waals surface area (Å²) in [4.78, 5) is 2.62. The van der Waals surface area contributed by atoms with Crippen molar-refractivity contribution in [1.29, 1.82) is 0 Å². The van der Waals surface area contributed by atoms with Crippen molar-refractivity contribution in [2.75, 3.05) is 26.2 Å². The van der Waals surface area contributed by atoms with E-state index in [1.165, 1.54) is 11.1 Å². The minimum absolute atomic E-state index is 0.567. The van der Waals surface area contributed by atoms with Crippen molar-refractivity contribution in [1.82, 2.24) is 10.2 Å². The van der Waals surface area contributed by atoms with Gasteiger partial charge in [0.15, 0.2) is 0 Å². The molecule has 2 heteroatoms. The molecule has 2 rings (SSSR count). The summed E-state index contributed by atoms with van der Waals surface area (Å²) in [7, 11) is 0. The van der Waals surface area contributed by atoms with Gasteiger partial charge in [-0.25, -0.2) is 0 Å². The molecule has 1 aliphatic heterocycles. The summed E-state index contributed by atoms with van der Waals surface area (Å²) in [5.41, 5.74) is 2.84. The maximum absolute atomic E-state index is 3.43. The van der Waals surface area contributed by atoms with E-state index in [-0.39, 0.29) is 0 Å². The Morgan fingerprint density at radius 1 is 1.18 bits per heavy atom. The summed E-state index contributed by atoms with van der Waals surface area (Å²) < 4.78 is 0. The fourth-order valence-electron chi connectivity index (χ4n) is 2.83. The molecule has 0 aromatic heterocycles.